The molecule has 0 saturated heterocycles. The molecule has 0 aliphatic heterocycles. The van der Waals surface area contributed by atoms with Gasteiger partial charge in [-0.3, -0.25) is 5.32 Å². The van der Waals surface area contributed by atoms with Crippen molar-refractivity contribution in [2.45, 2.75) is 58.0 Å². The van der Waals surface area contributed by atoms with Gasteiger partial charge in [0.15, 0.2) is 0 Å². The van der Waals surface area contributed by atoms with Gasteiger partial charge in [0.2, 0.25) is 0 Å². The normalized spacial score (nSPS) is 35.0. The number of aliphatic hydroxyl groups excluding tert-OH is 1. The summed E-state index contributed by atoms with van der Waals surface area (Å²) in [7, 11) is 0. The molecule has 0 aromatic heterocycles. The highest BCUT2D eigenvalue weighted by Crippen LogP contribution is 2.54. The molecule has 2 fully saturated rings. The van der Waals surface area contributed by atoms with Gasteiger partial charge in [0, 0.05) is 0 Å². The Morgan fingerprint density at radius 1 is 1.17 bits per heavy atom. The van der Waals surface area contributed by atoms with Gasteiger partial charge in [-0.05, 0) is 60.8 Å². The molecule has 2 saturated carbocycles. The fraction of sp³-hybridized carbons (Fsp3) is 0.667. The minimum absolute atomic E-state index is 0.0206. The predicted molar refractivity (Wildman–Crippen MR) is 96.1 cm³/mol. The van der Waals surface area contributed by atoms with E-state index < -0.39 is 0 Å². The molecule has 2 aliphatic rings. The first-order valence-corrected chi connectivity index (χ1v) is 9.38. The second-order valence-electron chi connectivity index (χ2n) is 8.40. The Hall–Kier alpha value is -1.37. The van der Waals surface area contributed by atoms with Crippen LogP contribution < -0.4 is 5.32 Å². The van der Waals surface area contributed by atoms with E-state index in [0.29, 0.717) is 11.8 Å². The molecule has 0 heterocycles. The third kappa shape index (κ3) is 3.50. The van der Waals surface area contributed by atoms with E-state index in [-0.39, 0.29) is 24.1 Å². The molecule has 3 nitrogen and oxygen atoms in total. The average Bonchev–Trinajstić information content (AvgIpc) is 2.55. The Kier molecular flexibility index (Phi) is 5.27. The number of fused-ring (bicyclic) bond motifs is 2. The third-order valence-electron chi connectivity index (χ3n) is 6.17. The number of nitriles is 1. The summed E-state index contributed by atoms with van der Waals surface area (Å²) in [5, 5.41) is 23.3. The van der Waals surface area contributed by atoms with Gasteiger partial charge < -0.3 is 5.11 Å². The molecule has 2 bridgehead atoms. The molecule has 4 atom stereocenters. The standard InChI is InChI=1S/C21H30N2O/c1-15-8-17-9-16(2)11-21(10-15,12-17)20(13-22)23-19(14-24)18-6-4-3-5-7-18/h3-7,15-17,19-20,23-24H,8-12,14H2,1-2H3. The van der Waals surface area contributed by atoms with E-state index in [9.17, 15) is 10.4 Å². The maximum absolute atomic E-state index is 9.95. The van der Waals surface area contributed by atoms with E-state index in [0.717, 1.165) is 24.3 Å². The Balaban J connectivity index is 1.83. The van der Waals surface area contributed by atoms with Crippen LogP contribution in [0.4, 0.5) is 0 Å². The smallest absolute Gasteiger partial charge is 0.102 e. The molecule has 24 heavy (non-hydrogen) atoms. The second-order valence-corrected chi connectivity index (χ2v) is 8.40. The Morgan fingerprint density at radius 2 is 1.79 bits per heavy atom. The molecule has 0 amide bonds. The zero-order valence-corrected chi connectivity index (χ0v) is 14.9. The van der Waals surface area contributed by atoms with Crippen LogP contribution in [0, 0.1) is 34.5 Å². The van der Waals surface area contributed by atoms with Crippen molar-refractivity contribution in [2.24, 2.45) is 23.2 Å². The lowest BCUT2D eigenvalue weighted by Gasteiger charge is -2.52. The summed E-state index contributed by atoms with van der Waals surface area (Å²) in [5.41, 5.74) is 1.12. The fourth-order valence-corrected chi connectivity index (χ4v) is 5.63. The second kappa shape index (κ2) is 7.25. The average molecular weight is 326 g/mol. The van der Waals surface area contributed by atoms with Crippen molar-refractivity contribution in [2.75, 3.05) is 6.61 Å². The molecule has 4 unspecified atom stereocenters. The van der Waals surface area contributed by atoms with E-state index >= 15 is 0 Å². The molecule has 3 rings (SSSR count). The van der Waals surface area contributed by atoms with Crippen molar-refractivity contribution < 1.29 is 5.11 Å². The summed E-state index contributed by atoms with van der Waals surface area (Å²) >= 11 is 0. The molecular weight excluding hydrogens is 296 g/mol. The molecule has 0 spiro atoms. The predicted octanol–water partition coefficient (Wildman–Crippen LogP) is 4.05. The third-order valence-corrected chi connectivity index (χ3v) is 6.17. The van der Waals surface area contributed by atoms with Crippen LogP contribution in [0.2, 0.25) is 0 Å². The van der Waals surface area contributed by atoms with Crippen LogP contribution in [0.15, 0.2) is 30.3 Å². The lowest BCUT2D eigenvalue weighted by molar-refractivity contribution is -0.00269. The summed E-state index contributed by atoms with van der Waals surface area (Å²) in [6, 6.07) is 12.2. The molecule has 0 radical (unpaired) electrons. The number of nitrogens with zero attached hydrogens (tertiary/aromatic N) is 1. The number of nitrogens with one attached hydrogen (secondary N) is 1. The summed E-state index contributed by atoms with van der Waals surface area (Å²) in [5.74, 6) is 2.15. The van der Waals surface area contributed by atoms with Crippen molar-refractivity contribution in [3.63, 3.8) is 0 Å². The first-order chi connectivity index (χ1) is 11.6. The van der Waals surface area contributed by atoms with Crippen molar-refractivity contribution in [1.29, 1.82) is 5.26 Å². The van der Waals surface area contributed by atoms with E-state index in [1.807, 2.05) is 30.3 Å². The number of rotatable bonds is 5. The summed E-state index contributed by atoms with van der Waals surface area (Å²) in [4.78, 5) is 0. The maximum Gasteiger partial charge on any atom is 0.102 e. The first kappa shape index (κ1) is 17.5. The van der Waals surface area contributed by atoms with Gasteiger partial charge in [-0.1, -0.05) is 44.2 Å². The van der Waals surface area contributed by atoms with Crippen LogP contribution in [0.5, 0.6) is 0 Å². The highest BCUT2D eigenvalue weighted by atomic mass is 16.3. The van der Waals surface area contributed by atoms with Gasteiger partial charge in [-0.15, -0.1) is 0 Å². The highest BCUT2D eigenvalue weighted by Gasteiger charge is 2.49. The summed E-state index contributed by atoms with van der Waals surface area (Å²) in [6.07, 6.45) is 6.05. The highest BCUT2D eigenvalue weighted by molar-refractivity contribution is 5.21. The molecular formula is C21H30N2O. The Bertz CT molecular complexity index is 560. The fourth-order valence-electron chi connectivity index (χ4n) is 5.63. The molecule has 1 aromatic carbocycles. The van der Waals surface area contributed by atoms with Crippen molar-refractivity contribution >= 4 is 0 Å². The summed E-state index contributed by atoms with van der Waals surface area (Å²) < 4.78 is 0. The van der Waals surface area contributed by atoms with Gasteiger partial charge in [0.1, 0.15) is 6.04 Å². The van der Waals surface area contributed by atoms with Gasteiger partial charge in [-0.2, -0.15) is 5.26 Å². The monoisotopic (exact) mass is 326 g/mol. The van der Waals surface area contributed by atoms with Crippen LogP contribution in [-0.4, -0.2) is 17.8 Å². The van der Waals surface area contributed by atoms with Gasteiger partial charge >= 0.3 is 0 Å². The van der Waals surface area contributed by atoms with Crippen molar-refractivity contribution in [1.82, 2.24) is 5.32 Å². The quantitative estimate of drug-likeness (QED) is 0.858. The van der Waals surface area contributed by atoms with Crippen molar-refractivity contribution in [3.05, 3.63) is 35.9 Å². The molecule has 3 heteroatoms. The van der Waals surface area contributed by atoms with Crippen LogP contribution in [0.1, 0.15) is 57.6 Å². The molecule has 2 N–H and O–H groups in total. The zero-order valence-electron chi connectivity index (χ0n) is 14.9. The van der Waals surface area contributed by atoms with Gasteiger partial charge in [-0.25, -0.2) is 0 Å². The Morgan fingerprint density at radius 3 is 2.33 bits per heavy atom. The van der Waals surface area contributed by atoms with Crippen LogP contribution >= 0.6 is 0 Å². The zero-order chi connectivity index (χ0) is 17.2. The van der Waals surface area contributed by atoms with Gasteiger partial charge in [0.25, 0.3) is 0 Å². The lowest BCUT2D eigenvalue weighted by atomic mass is 9.54. The molecule has 1 aromatic rings. The topological polar surface area (TPSA) is 56.0 Å². The number of hydrogen-bond acceptors (Lipinski definition) is 3. The van der Waals surface area contributed by atoms with E-state index in [1.54, 1.807) is 0 Å². The van der Waals surface area contributed by atoms with Crippen LogP contribution in [0.3, 0.4) is 0 Å². The lowest BCUT2D eigenvalue weighted by Crippen LogP contribution is -2.53. The van der Waals surface area contributed by atoms with Gasteiger partial charge in [0.05, 0.1) is 18.7 Å². The van der Waals surface area contributed by atoms with Crippen molar-refractivity contribution in [3.8, 4) is 6.07 Å². The minimum Gasteiger partial charge on any atom is -0.394 e. The summed E-state index contributed by atoms with van der Waals surface area (Å²) in [6.45, 7) is 4.70. The van der Waals surface area contributed by atoms with E-state index in [4.69, 9.17) is 0 Å². The minimum atomic E-state index is -0.192. The van der Waals surface area contributed by atoms with Crippen LogP contribution in [-0.2, 0) is 0 Å². The number of benzene rings is 1. The van der Waals surface area contributed by atoms with E-state index in [1.165, 1.54) is 19.3 Å². The largest absolute Gasteiger partial charge is 0.394 e. The van der Waals surface area contributed by atoms with E-state index in [2.05, 4.69) is 25.2 Å². The van der Waals surface area contributed by atoms with Crippen LogP contribution in [0.25, 0.3) is 0 Å². The number of hydrogen-bond donors (Lipinski definition) is 2. The number of aliphatic hydroxyl groups is 1. The molecule has 130 valence electrons. The first-order valence-electron chi connectivity index (χ1n) is 9.38. The maximum atomic E-state index is 9.95. The molecule has 2 aliphatic carbocycles. The Labute approximate surface area is 146 Å². The SMILES string of the molecule is CC1CC2CC(C)CC(C(C#N)NC(CO)c3ccccc3)(C1)C2.